The number of piperazine rings is 1. The zero-order valence-electron chi connectivity index (χ0n) is 18.1. The first-order valence-electron chi connectivity index (χ1n) is 10.7. The second kappa shape index (κ2) is 9.81. The maximum atomic E-state index is 13.4. The highest BCUT2D eigenvalue weighted by molar-refractivity contribution is 7.89. The zero-order valence-corrected chi connectivity index (χ0v) is 18.9. The van der Waals surface area contributed by atoms with Crippen molar-refractivity contribution in [2.24, 2.45) is 0 Å². The Bertz CT molecular complexity index is 1180. The molecule has 11 nitrogen and oxygen atoms in total. The average molecular weight is 491 g/mol. The minimum Gasteiger partial charge on any atom is -0.354 e. The molecule has 0 bridgehead atoms. The number of benzene rings is 1. The van der Waals surface area contributed by atoms with Gasteiger partial charge in [-0.1, -0.05) is 0 Å². The fourth-order valence-electron chi connectivity index (χ4n) is 3.94. The summed E-state index contributed by atoms with van der Waals surface area (Å²) in [4.78, 5) is 47.2. The van der Waals surface area contributed by atoms with Crippen molar-refractivity contribution in [2.45, 2.75) is 29.8 Å². The summed E-state index contributed by atoms with van der Waals surface area (Å²) in [7, 11) is -4.20. The van der Waals surface area contributed by atoms with E-state index in [9.17, 15) is 27.2 Å². The van der Waals surface area contributed by atoms with E-state index in [-0.39, 0.29) is 36.1 Å². The molecule has 0 spiro atoms. The predicted octanol–water partition coefficient (Wildman–Crippen LogP) is -0.474. The average Bonchev–Trinajstić information content (AvgIpc) is 2.85. The van der Waals surface area contributed by atoms with Crippen LogP contribution in [0, 0.1) is 5.82 Å². The Kier molecular flexibility index (Phi) is 6.84. The van der Waals surface area contributed by atoms with Gasteiger partial charge in [-0.3, -0.25) is 19.4 Å². The lowest BCUT2D eigenvalue weighted by atomic mass is 10.1. The molecule has 3 heterocycles. The summed E-state index contributed by atoms with van der Waals surface area (Å²) in [5.41, 5.74) is 0.0585. The van der Waals surface area contributed by atoms with Crippen LogP contribution in [0.1, 0.15) is 23.3 Å². The monoisotopic (exact) mass is 490 g/mol. The zero-order chi connectivity index (χ0) is 24.3. The molecule has 2 aliphatic heterocycles. The summed E-state index contributed by atoms with van der Waals surface area (Å²) in [6.07, 6.45) is 5.13. The first-order valence-corrected chi connectivity index (χ1v) is 12.1. The first kappa shape index (κ1) is 23.7. The Balaban J connectivity index is 1.62. The lowest BCUT2D eigenvalue weighted by Gasteiger charge is -2.40. The van der Waals surface area contributed by atoms with Crippen LogP contribution in [0.3, 0.4) is 0 Å². The van der Waals surface area contributed by atoms with E-state index < -0.39 is 39.7 Å². The Hall–Kier alpha value is -3.45. The Morgan fingerprint density at radius 2 is 1.91 bits per heavy atom. The van der Waals surface area contributed by atoms with Crippen LogP contribution in [-0.2, 0) is 19.6 Å². The van der Waals surface area contributed by atoms with E-state index in [0.29, 0.717) is 19.4 Å². The Labute approximate surface area is 195 Å². The number of nitrogens with one attached hydrogen (secondary N) is 2. The minimum atomic E-state index is -4.20. The van der Waals surface area contributed by atoms with Crippen LogP contribution in [0.5, 0.6) is 0 Å². The molecule has 0 aliphatic carbocycles. The van der Waals surface area contributed by atoms with Gasteiger partial charge in [0.15, 0.2) is 0 Å². The fraction of sp³-hybridized carbons (Fsp3) is 0.381. The van der Waals surface area contributed by atoms with Gasteiger partial charge < -0.3 is 15.5 Å². The van der Waals surface area contributed by atoms with Gasteiger partial charge in [0.2, 0.25) is 21.8 Å². The van der Waals surface area contributed by atoms with Gasteiger partial charge in [-0.05, 0) is 37.1 Å². The van der Waals surface area contributed by atoms with E-state index in [0.717, 1.165) is 28.6 Å². The third-order valence-corrected chi connectivity index (χ3v) is 7.65. The molecule has 1 aromatic heterocycles. The number of carbonyl (C=O) groups is 3. The number of carbonyl (C=O) groups excluding carboxylic acids is 3. The largest absolute Gasteiger partial charge is 0.354 e. The minimum absolute atomic E-state index is 0.00350. The van der Waals surface area contributed by atoms with Crippen molar-refractivity contribution in [3.05, 3.63) is 54.4 Å². The number of aromatic nitrogens is 2. The third kappa shape index (κ3) is 4.89. The summed E-state index contributed by atoms with van der Waals surface area (Å²) in [6.45, 7) is 0.0697. The number of sulfonamides is 1. The summed E-state index contributed by atoms with van der Waals surface area (Å²) >= 11 is 0. The fourth-order valence-corrected chi connectivity index (χ4v) is 5.51. The first-order chi connectivity index (χ1) is 16.3. The summed E-state index contributed by atoms with van der Waals surface area (Å²) in [5, 5.41) is 5.28. The van der Waals surface area contributed by atoms with Gasteiger partial charge in [-0.2, -0.15) is 4.31 Å². The molecule has 2 unspecified atom stereocenters. The lowest BCUT2D eigenvalue weighted by molar-refractivity contribution is -0.132. The van der Waals surface area contributed by atoms with E-state index in [2.05, 4.69) is 20.6 Å². The second-order valence-electron chi connectivity index (χ2n) is 7.92. The molecule has 1 aromatic carbocycles. The van der Waals surface area contributed by atoms with E-state index in [4.69, 9.17) is 0 Å². The molecule has 2 atom stereocenters. The maximum absolute atomic E-state index is 13.4. The summed E-state index contributed by atoms with van der Waals surface area (Å²) in [6, 6.07) is 2.16. The third-order valence-electron chi connectivity index (χ3n) is 5.73. The standard InChI is InChI=1S/C21H23FN6O5S/c22-14-3-5-15(6-4-14)34(32,33)28-11-10-27(21(31)17-12-23-8-9-24-17)13-18(28)20(30)26-16-2-1-7-25-19(16)29/h3-6,8-9,12,16,18H,1-2,7,10-11,13H2,(H,25,29)(H,26,30). The van der Waals surface area contributed by atoms with Crippen molar-refractivity contribution < 1.29 is 27.2 Å². The van der Waals surface area contributed by atoms with Gasteiger partial charge in [-0.15, -0.1) is 0 Å². The molecule has 2 saturated heterocycles. The van der Waals surface area contributed by atoms with Gasteiger partial charge in [0.1, 0.15) is 23.6 Å². The van der Waals surface area contributed by atoms with Gasteiger partial charge >= 0.3 is 0 Å². The SMILES string of the molecule is O=C1NCCCC1NC(=O)C1CN(C(=O)c2cnccn2)CCN1S(=O)(=O)c1ccc(F)cc1. The van der Waals surface area contributed by atoms with E-state index in [1.165, 1.54) is 23.5 Å². The summed E-state index contributed by atoms with van der Waals surface area (Å²) < 4.78 is 41.0. The van der Waals surface area contributed by atoms with Crippen LogP contribution in [0.15, 0.2) is 47.8 Å². The van der Waals surface area contributed by atoms with Crippen molar-refractivity contribution in [3.8, 4) is 0 Å². The van der Waals surface area contributed by atoms with Crippen molar-refractivity contribution >= 4 is 27.7 Å². The Morgan fingerprint density at radius 3 is 2.59 bits per heavy atom. The molecule has 2 N–H and O–H groups in total. The molecule has 34 heavy (non-hydrogen) atoms. The highest BCUT2D eigenvalue weighted by Crippen LogP contribution is 2.23. The second-order valence-corrected chi connectivity index (χ2v) is 9.81. The number of rotatable bonds is 5. The molecule has 2 aliphatic rings. The van der Waals surface area contributed by atoms with Crippen LogP contribution in [0.4, 0.5) is 4.39 Å². The molecule has 180 valence electrons. The number of hydrogen-bond donors (Lipinski definition) is 2. The summed E-state index contributed by atoms with van der Waals surface area (Å²) in [5.74, 6) is -2.16. The predicted molar refractivity (Wildman–Crippen MR) is 116 cm³/mol. The van der Waals surface area contributed by atoms with Crippen LogP contribution in [0.2, 0.25) is 0 Å². The van der Waals surface area contributed by atoms with E-state index in [1.807, 2.05) is 0 Å². The molecule has 0 saturated carbocycles. The van der Waals surface area contributed by atoms with Crippen molar-refractivity contribution in [1.29, 1.82) is 0 Å². The molecule has 13 heteroatoms. The molecule has 3 amide bonds. The van der Waals surface area contributed by atoms with Crippen molar-refractivity contribution in [2.75, 3.05) is 26.2 Å². The van der Waals surface area contributed by atoms with Gasteiger partial charge in [0, 0.05) is 38.6 Å². The molecule has 2 aromatic rings. The quantitative estimate of drug-likeness (QED) is 0.577. The number of amides is 3. The maximum Gasteiger partial charge on any atom is 0.274 e. The normalized spacial score (nSPS) is 21.6. The number of halogens is 1. The number of nitrogens with zero attached hydrogens (tertiary/aromatic N) is 4. The highest BCUT2D eigenvalue weighted by atomic mass is 32.2. The Morgan fingerprint density at radius 1 is 1.15 bits per heavy atom. The van der Waals surface area contributed by atoms with Crippen LogP contribution >= 0.6 is 0 Å². The topological polar surface area (TPSA) is 142 Å². The van der Waals surface area contributed by atoms with Crippen molar-refractivity contribution in [1.82, 2.24) is 29.8 Å². The van der Waals surface area contributed by atoms with Crippen LogP contribution in [0.25, 0.3) is 0 Å². The van der Waals surface area contributed by atoms with Gasteiger partial charge in [0.05, 0.1) is 11.1 Å². The van der Waals surface area contributed by atoms with Crippen molar-refractivity contribution in [3.63, 3.8) is 0 Å². The van der Waals surface area contributed by atoms with E-state index >= 15 is 0 Å². The smallest absolute Gasteiger partial charge is 0.274 e. The highest BCUT2D eigenvalue weighted by Gasteiger charge is 2.42. The molecule has 0 radical (unpaired) electrons. The molecular weight excluding hydrogens is 467 g/mol. The van der Waals surface area contributed by atoms with Crippen LogP contribution in [-0.4, -0.2) is 83.6 Å². The van der Waals surface area contributed by atoms with Gasteiger partial charge in [-0.25, -0.2) is 17.8 Å². The molecule has 4 rings (SSSR count). The molecule has 2 fully saturated rings. The van der Waals surface area contributed by atoms with Gasteiger partial charge in [0.25, 0.3) is 5.91 Å². The number of piperidine rings is 1. The van der Waals surface area contributed by atoms with Crippen LogP contribution < -0.4 is 10.6 Å². The number of hydrogen-bond acceptors (Lipinski definition) is 7. The lowest BCUT2D eigenvalue weighted by Crippen LogP contribution is -2.63. The van der Waals surface area contributed by atoms with E-state index in [1.54, 1.807) is 0 Å². The molecular formula is C21H23FN6O5S.